The lowest BCUT2D eigenvalue weighted by atomic mass is 9.93. The van der Waals surface area contributed by atoms with Crippen molar-refractivity contribution in [1.29, 1.82) is 0 Å². The summed E-state index contributed by atoms with van der Waals surface area (Å²) in [5, 5.41) is 0. The number of aliphatic imine (C=N–C) groups is 1. The van der Waals surface area contributed by atoms with Crippen LogP contribution in [0.15, 0.2) is 4.99 Å². The smallest absolute Gasteiger partial charge is 0.190 e. The highest BCUT2D eigenvalue weighted by Crippen LogP contribution is 2.22. The molecule has 1 aliphatic rings. The highest BCUT2D eigenvalue weighted by atomic mass is 16.5. The van der Waals surface area contributed by atoms with Gasteiger partial charge in [-0.05, 0) is 32.1 Å². The molecule has 1 fully saturated rings. The highest BCUT2D eigenvalue weighted by molar-refractivity contribution is 5.77. The summed E-state index contributed by atoms with van der Waals surface area (Å²) in [5.41, 5.74) is 5.71. The Bertz CT molecular complexity index is 216. The molecule has 15 heavy (non-hydrogen) atoms. The second-order valence-electron chi connectivity index (χ2n) is 4.49. The first-order chi connectivity index (χ1) is 7.09. The van der Waals surface area contributed by atoms with Crippen LogP contribution in [0.25, 0.3) is 0 Å². The standard InChI is InChI=1S/C11H23N3O/c1-9-8-10(5-7-15-9)4-6-13-11(12)14(2)3/h9-10H,4-8H2,1-3H3,(H2,12,13)/t9-,10+/m1/s1. The van der Waals surface area contributed by atoms with Crippen molar-refractivity contribution in [3.8, 4) is 0 Å². The molecule has 0 aromatic rings. The number of ether oxygens (including phenoxy) is 1. The summed E-state index contributed by atoms with van der Waals surface area (Å²) in [6.45, 7) is 3.88. The number of hydrogen-bond donors (Lipinski definition) is 1. The SMILES string of the molecule is C[C@@H]1C[C@@H](CCN=C(N)N(C)C)CCO1. The van der Waals surface area contributed by atoms with Crippen molar-refractivity contribution >= 4 is 5.96 Å². The molecule has 1 aliphatic heterocycles. The average Bonchev–Trinajstić information content (AvgIpc) is 2.17. The first kappa shape index (κ1) is 12.3. The van der Waals surface area contributed by atoms with Gasteiger partial charge in [-0.25, -0.2) is 0 Å². The lowest BCUT2D eigenvalue weighted by Crippen LogP contribution is -2.30. The molecule has 0 amide bonds. The molecule has 0 unspecified atom stereocenters. The van der Waals surface area contributed by atoms with Crippen LogP contribution in [0, 0.1) is 5.92 Å². The Morgan fingerprint density at radius 1 is 1.53 bits per heavy atom. The molecule has 2 N–H and O–H groups in total. The molecule has 0 aromatic carbocycles. The van der Waals surface area contributed by atoms with Gasteiger partial charge in [0.25, 0.3) is 0 Å². The number of guanidine groups is 1. The molecule has 0 saturated carbocycles. The van der Waals surface area contributed by atoms with Crippen LogP contribution in [-0.2, 0) is 4.74 Å². The van der Waals surface area contributed by atoms with Gasteiger partial charge in [0.15, 0.2) is 5.96 Å². The lowest BCUT2D eigenvalue weighted by molar-refractivity contribution is 0.00147. The number of rotatable bonds is 3. The molecule has 2 atom stereocenters. The zero-order valence-corrected chi connectivity index (χ0v) is 10.1. The molecular weight excluding hydrogens is 190 g/mol. The van der Waals surface area contributed by atoms with E-state index in [0.717, 1.165) is 31.9 Å². The summed E-state index contributed by atoms with van der Waals surface area (Å²) >= 11 is 0. The first-order valence-electron chi connectivity index (χ1n) is 5.68. The quantitative estimate of drug-likeness (QED) is 0.563. The van der Waals surface area contributed by atoms with Crippen molar-refractivity contribution in [3.05, 3.63) is 0 Å². The monoisotopic (exact) mass is 213 g/mol. The maximum absolute atomic E-state index is 5.71. The minimum atomic E-state index is 0.416. The summed E-state index contributed by atoms with van der Waals surface area (Å²) in [4.78, 5) is 6.16. The van der Waals surface area contributed by atoms with Gasteiger partial charge in [-0.1, -0.05) is 0 Å². The summed E-state index contributed by atoms with van der Waals surface area (Å²) in [6.07, 6.45) is 3.88. The molecule has 1 rings (SSSR count). The minimum Gasteiger partial charge on any atom is -0.378 e. The topological polar surface area (TPSA) is 50.8 Å². The van der Waals surface area contributed by atoms with Crippen molar-refractivity contribution in [1.82, 2.24) is 4.90 Å². The van der Waals surface area contributed by atoms with Gasteiger partial charge in [0, 0.05) is 27.2 Å². The molecule has 0 spiro atoms. The van der Waals surface area contributed by atoms with E-state index in [1.165, 1.54) is 6.42 Å². The fourth-order valence-corrected chi connectivity index (χ4v) is 1.86. The normalized spacial score (nSPS) is 27.8. The van der Waals surface area contributed by atoms with Crippen molar-refractivity contribution < 1.29 is 4.74 Å². The molecule has 0 aliphatic carbocycles. The van der Waals surface area contributed by atoms with E-state index in [2.05, 4.69) is 11.9 Å². The summed E-state index contributed by atoms with van der Waals surface area (Å²) in [7, 11) is 3.82. The number of nitrogens with zero attached hydrogens (tertiary/aromatic N) is 2. The van der Waals surface area contributed by atoms with Crippen LogP contribution in [0.2, 0.25) is 0 Å². The van der Waals surface area contributed by atoms with Crippen LogP contribution >= 0.6 is 0 Å². The van der Waals surface area contributed by atoms with Gasteiger partial charge in [0.1, 0.15) is 0 Å². The van der Waals surface area contributed by atoms with E-state index < -0.39 is 0 Å². The van der Waals surface area contributed by atoms with E-state index in [-0.39, 0.29) is 0 Å². The Morgan fingerprint density at radius 2 is 2.27 bits per heavy atom. The van der Waals surface area contributed by atoms with E-state index in [1.807, 2.05) is 19.0 Å². The fraction of sp³-hybridized carbons (Fsp3) is 0.909. The van der Waals surface area contributed by atoms with Gasteiger partial charge in [-0.3, -0.25) is 4.99 Å². The van der Waals surface area contributed by atoms with Crippen molar-refractivity contribution in [3.63, 3.8) is 0 Å². The third kappa shape index (κ3) is 4.51. The molecule has 88 valence electrons. The van der Waals surface area contributed by atoms with Crippen LogP contribution in [-0.4, -0.2) is 44.2 Å². The van der Waals surface area contributed by atoms with Gasteiger partial charge >= 0.3 is 0 Å². The van der Waals surface area contributed by atoms with Gasteiger partial charge in [0.2, 0.25) is 0 Å². The Hall–Kier alpha value is -0.770. The molecule has 0 aromatic heterocycles. The second-order valence-corrected chi connectivity index (χ2v) is 4.49. The Kier molecular flexibility index (Phi) is 4.88. The van der Waals surface area contributed by atoms with Gasteiger partial charge < -0.3 is 15.4 Å². The molecule has 4 heteroatoms. The molecule has 4 nitrogen and oxygen atoms in total. The molecule has 0 radical (unpaired) electrons. The van der Waals surface area contributed by atoms with Crippen LogP contribution in [0.4, 0.5) is 0 Å². The van der Waals surface area contributed by atoms with E-state index >= 15 is 0 Å². The predicted octanol–water partition coefficient (Wildman–Crippen LogP) is 1.07. The van der Waals surface area contributed by atoms with E-state index in [1.54, 1.807) is 0 Å². The van der Waals surface area contributed by atoms with E-state index in [0.29, 0.717) is 12.1 Å². The maximum Gasteiger partial charge on any atom is 0.190 e. The summed E-state index contributed by atoms with van der Waals surface area (Å²) in [6, 6.07) is 0. The van der Waals surface area contributed by atoms with Crippen LogP contribution in [0.3, 0.4) is 0 Å². The van der Waals surface area contributed by atoms with Crippen molar-refractivity contribution in [2.24, 2.45) is 16.6 Å². The molecule has 1 saturated heterocycles. The van der Waals surface area contributed by atoms with Crippen molar-refractivity contribution in [2.75, 3.05) is 27.2 Å². The zero-order valence-electron chi connectivity index (χ0n) is 10.1. The van der Waals surface area contributed by atoms with Crippen molar-refractivity contribution in [2.45, 2.75) is 32.3 Å². The number of hydrogen-bond acceptors (Lipinski definition) is 2. The van der Waals surface area contributed by atoms with Gasteiger partial charge in [-0.2, -0.15) is 0 Å². The Balaban J connectivity index is 2.22. The van der Waals surface area contributed by atoms with Crippen LogP contribution in [0.1, 0.15) is 26.2 Å². The maximum atomic E-state index is 5.71. The van der Waals surface area contributed by atoms with Gasteiger partial charge in [0.05, 0.1) is 6.10 Å². The largest absolute Gasteiger partial charge is 0.378 e. The Labute approximate surface area is 92.5 Å². The summed E-state index contributed by atoms with van der Waals surface area (Å²) < 4.78 is 5.50. The minimum absolute atomic E-state index is 0.416. The third-order valence-corrected chi connectivity index (χ3v) is 2.86. The van der Waals surface area contributed by atoms with E-state index in [9.17, 15) is 0 Å². The average molecular weight is 213 g/mol. The molecule has 0 bridgehead atoms. The number of nitrogens with two attached hydrogens (primary N) is 1. The summed E-state index contributed by atoms with van der Waals surface area (Å²) in [5.74, 6) is 1.38. The molecular formula is C11H23N3O. The zero-order chi connectivity index (χ0) is 11.3. The van der Waals surface area contributed by atoms with Crippen LogP contribution in [0.5, 0.6) is 0 Å². The molecule has 1 heterocycles. The second kappa shape index (κ2) is 5.95. The predicted molar refractivity (Wildman–Crippen MR) is 62.9 cm³/mol. The first-order valence-corrected chi connectivity index (χ1v) is 5.68. The lowest BCUT2D eigenvalue weighted by Gasteiger charge is -2.26. The Morgan fingerprint density at radius 3 is 2.87 bits per heavy atom. The third-order valence-electron chi connectivity index (χ3n) is 2.86. The fourth-order valence-electron chi connectivity index (χ4n) is 1.86. The van der Waals surface area contributed by atoms with E-state index in [4.69, 9.17) is 10.5 Å². The van der Waals surface area contributed by atoms with Gasteiger partial charge in [-0.15, -0.1) is 0 Å². The highest BCUT2D eigenvalue weighted by Gasteiger charge is 2.18. The van der Waals surface area contributed by atoms with Crippen LogP contribution < -0.4 is 5.73 Å².